The Hall–Kier alpha value is -1.85. The van der Waals surface area contributed by atoms with Gasteiger partial charge in [0.1, 0.15) is 6.33 Å². The molecule has 0 amide bonds. The first kappa shape index (κ1) is 8.74. The van der Waals surface area contributed by atoms with E-state index in [0.29, 0.717) is 17.8 Å². The number of nitrogens with two attached hydrogens (primary N) is 1. The minimum Gasteiger partial charge on any atom is -0.368 e. The molecule has 2 heterocycles. The van der Waals surface area contributed by atoms with Crippen LogP contribution in [0.25, 0.3) is 5.52 Å². The van der Waals surface area contributed by atoms with Crippen molar-refractivity contribution in [2.75, 3.05) is 5.73 Å². The quantitative estimate of drug-likeness (QED) is 0.680. The molecular weight excluding hydrogens is 182 g/mol. The van der Waals surface area contributed by atoms with Crippen molar-refractivity contribution in [1.29, 1.82) is 0 Å². The highest BCUT2D eigenvalue weighted by Crippen LogP contribution is 2.06. The van der Waals surface area contributed by atoms with Crippen LogP contribution in [0.5, 0.6) is 0 Å². The van der Waals surface area contributed by atoms with Gasteiger partial charge in [-0.1, -0.05) is 0 Å². The number of aryl methyl sites for hydroxylation is 2. The Balaban J connectivity index is 2.95. The van der Waals surface area contributed by atoms with Crippen molar-refractivity contribution in [3.05, 3.63) is 22.4 Å². The number of anilines is 1. The van der Waals surface area contributed by atoms with Gasteiger partial charge in [-0.3, -0.25) is 9.36 Å². The van der Waals surface area contributed by atoms with Gasteiger partial charge in [-0.2, -0.15) is 9.61 Å². The molecule has 0 fully saturated rings. The van der Waals surface area contributed by atoms with Crippen LogP contribution in [0.4, 0.5) is 5.95 Å². The molecule has 74 valence electrons. The summed E-state index contributed by atoms with van der Waals surface area (Å²) < 4.78 is 2.88. The molecule has 2 aromatic rings. The van der Waals surface area contributed by atoms with Gasteiger partial charge in [0.05, 0.1) is 5.69 Å². The highest BCUT2D eigenvalue weighted by Gasteiger charge is 2.10. The maximum atomic E-state index is 11.8. The van der Waals surface area contributed by atoms with Crippen LogP contribution in [-0.4, -0.2) is 19.2 Å². The lowest BCUT2D eigenvalue weighted by atomic mass is 10.4. The molecule has 0 unspecified atom stereocenters. The summed E-state index contributed by atoms with van der Waals surface area (Å²) in [6, 6.07) is 0. The maximum absolute atomic E-state index is 11.8. The molecule has 14 heavy (non-hydrogen) atoms. The van der Waals surface area contributed by atoms with Crippen LogP contribution in [0.15, 0.2) is 11.1 Å². The fraction of sp³-hybridized carbons (Fsp3) is 0.375. The van der Waals surface area contributed by atoms with Crippen molar-refractivity contribution < 1.29 is 0 Å². The number of fused-ring (bicyclic) bond motifs is 1. The summed E-state index contributed by atoms with van der Waals surface area (Å²) in [5, 5.41) is 4.03. The predicted molar refractivity (Wildman–Crippen MR) is 52.1 cm³/mol. The summed E-state index contributed by atoms with van der Waals surface area (Å²) in [7, 11) is 0. The van der Waals surface area contributed by atoms with E-state index in [1.54, 1.807) is 6.92 Å². The molecule has 0 aliphatic rings. The zero-order chi connectivity index (χ0) is 10.3. The first-order valence-corrected chi connectivity index (χ1v) is 4.35. The van der Waals surface area contributed by atoms with E-state index < -0.39 is 0 Å². The Bertz CT molecular complexity index is 538. The molecule has 6 nitrogen and oxygen atoms in total. The second-order valence-corrected chi connectivity index (χ2v) is 3.04. The van der Waals surface area contributed by atoms with Crippen molar-refractivity contribution in [2.45, 2.75) is 20.4 Å². The first-order valence-electron chi connectivity index (χ1n) is 4.35. The SMILES string of the molecule is CCn1cnn2c(N)nc(C)c2c1=O. The third kappa shape index (κ3) is 1.00. The van der Waals surface area contributed by atoms with Crippen molar-refractivity contribution >= 4 is 11.5 Å². The van der Waals surface area contributed by atoms with Gasteiger partial charge in [0.25, 0.3) is 5.56 Å². The normalized spacial score (nSPS) is 11.0. The van der Waals surface area contributed by atoms with E-state index >= 15 is 0 Å². The van der Waals surface area contributed by atoms with E-state index in [2.05, 4.69) is 10.1 Å². The average Bonchev–Trinajstić information content (AvgIpc) is 2.44. The minimum absolute atomic E-state index is 0.107. The first-order chi connectivity index (χ1) is 6.65. The molecule has 2 N–H and O–H groups in total. The molecule has 0 aromatic carbocycles. The van der Waals surface area contributed by atoms with Crippen molar-refractivity contribution in [1.82, 2.24) is 19.2 Å². The Morgan fingerprint density at radius 1 is 1.57 bits per heavy atom. The molecular formula is C8H11N5O. The highest BCUT2D eigenvalue weighted by molar-refractivity contribution is 5.53. The van der Waals surface area contributed by atoms with Crippen LogP contribution >= 0.6 is 0 Å². The number of nitrogen functional groups attached to an aromatic ring is 1. The van der Waals surface area contributed by atoms with Gasteiger partial charge in [0, 0.05) is 6.54 Å². The average molecular weight is 193 g/mol. The van der Waals surface area contributed by atoms with E-state index in [1.165, 1.54) is 15.4 Å². The number of rotatable bonds is 1. The van der Waals surface area contributed by atoms with Crippen LogP contribution in [0.3, 0.4) is 0 Å². The van der Waals surface area contributed by atoms with Gasteiger partial charge in [-0.05, 0) is 13.8 Å². The summed E-state index contributed by atoms with van der Waals surface area (Å²) in [6.07, 6.45) is 1.47. The van der Waals surface area contributed by atoms with Gasteiger partial charge < -0.3 is 5.73 Å². The molecule has 2 aromatic heterocycles. The van der Waals surface area contributed by atoms with Crippen LogP contribution < -0.4 is 11.3 Å². The maximum Gasteiger partial charge on any atom is 0.279 e. The number of aromatic nitrogens is 4. The van der Waals surface area contributed by atoms with Gasteiger partial charge in [-0.15, -0.1) is 0 Å². The number of imidazole rings is 1. The Labute approximate surface area is 80.0 Å². The van der Waals surface area contributed by atoms with Crippen LogP contribution in [0.2, 0.25) is 0 Å². The van der Waals surface area contributed by atoms with E-state index in [4.69, 9.17) is 5.73 Å². The monoisotopic (exact) mass is 193 g/mol. The van der Waals surface area contributed by atoms with Gasteiger partial charge >= 0.3 is 0 Å². The second-order valence-electron chi connectivity index (χ2n) is 3.04. The molecule has 2 rings (SSSR count). The molecule has 0 aliphatic heterocycles. The zero-order valence-corrected chi connectivity index (χ0v) is 8.06. The Morgan fingerprint density at radius 3 is 2.93 bits per heavy atom. The summed E-state index contributed by atoms with van der Waals surface area (Å²) in [6.45, 7) is 4.22. The topological polar surface area (TPSA) is 78.2 Å². The molecule has 0 radical (unpaired) electrons. The van der Waals surface area contributed by atoms with Crippen LogP contribution in [-0.2, 0) is 6.54 Å². The predicted octanol–water partition coefficient (Wildman–Crippen LogP) is -0.198. The van der Waals surface area contributed by atoms with E-state index in [1.807, 2.05) is 6.92 Å². The van der Waals surface area contributed by atoms with Crippen molar-refractivity contribution in [3.8, 4) is 0 Å². The number of nitrogens with zero attached hydrogens (tertiary/aromatic N) is 4. The largest absolute Gasteiger partial charge is 0.368 e. The number of hydrogen-bond donors (Lipinski definition) is 1. The molecule has 6 heteroatoms. The van der Waals surface area contributed by atoms with E-state index in [0.717, 1.165) is 0 Å². The lowest BCUT2D eigenvalue weighted by Crippen LogP contribution is -2.22. The zero-order valence-electron chi connectivity index (χ0n) is 8.06. The van der Waals surface area contributed by atoms with Gasteiger partial charge in [-0.25, -0.2) is 4.98 Å². The molecule has 0 aliphatic carbocycles. The third-order valence-electron chi connectivity index (χ3n) is 2.16. The summed E-state index contributed by atoms with van der Waals surface area (Å²) in [5.41, 5.74) is 6.54. The second kappa shape index (κ2) is 2.83. The van der Waals surface area contributed by atoms with Gasteiger partial charge in [0.2, 0.25) is 5.95 Å². The minimum atomic E-state index is -0.107. The molecule has 0 spiro atoms. The van der Waals surface area contributed by atoms with Crippen molar-refractivity contribution in [2.24, 2.45) is 0 Å². The lowest BCUT2D eigenvalue weighted by Gasteiger charge is -2.01. The summed E-state index contributed by atoms with van der Waals surface area (Å²) in [4.78, 5) is 15.8. The molecule has 0 bridgehead atoms. The van der Waals surface area contributed by atoms with Gasteiger partial charge in [0.15, 0.2) is 5.52 Å². The lowest BCUT2D eigenvalue weighted by molar-refractivity contribution is 0.681. The highest BCUT2D eigenvalue weighted by atomic mass is 16.1. The van der Waals surface area contributed by atoms with Crippen LogP contribution in [0.1, 0.15) is 12.6 Å². The van der Waals surface area contributed by atoms with Crippen molar-refractivity contribution in [3.63, 3.8) is 0 Å². The fourth-order valence-electron chi connectivity index (χ4n) is 1.43. The number of hydrogen-bond acceptors (Lipinski definition) is 4. The molecule has 0 saturated heterocycles. The van der Waals surface area contributed by atoms with E-state index in [9.17, 15) is 4.79 Å². The third-order valence-corrected chi connectivity index (χ3v) is 2.16. The molecule has 0 saturated carbocycles. The van der Waals surface area contributed by atoms with Crippen LogP contribution in [0, 0.1) is 6.92 Å². The summed E-state index contributed by atoms with van der Waals surface area (Å²) >= 11 is 0. The fourth-order valence-corrected chi connectivity index (χ4v) is 1.43. The Morgan fingerprint density at radius 2 is 2.29 bits per heavy atom. The van der Waals surface area contributed by atoms with E-state index in [-0.39, 0.29) is 11.5 Å². The smallest absolute Gasteiger partial charge is 0.279 e. The summed E-state index contributed by atoms with van der Waals surface area (Å²) in [5.74, 6) is 0.248. The molecule has 0 atom stereocenters. The standard InChI is InChI=1S/C8H11N5O/c1-3-12-4-10-13-6(7(12)14)5(2)11-8(13)9/h4H,3H2,1-2H3,(H2,9,11). The Kier molecular flexibility index (Phi) is 1.77.